The summed E-state index contributed by atoms with van der Waals surface area (Å²) in [4.78, 5) is 23.8. The molecule has 2 aliphatic rings. The number of aliphatic carboxylic acids is 1. The smallest absolute Gasteiger partial charge is 0.543 e. The molecule has 0 aliphatic carbocycles. The number of fused-ring (bicyclic) bond motifs is 1. The minimum absolute atomic E-state index is 0. The number of β-lactam (4-membered cyclic amide) rings is 1. The van der Waals surface area contributed by atoms with E-state index in [9.17, 15) is 33.3 Å². The zero-order valence-electron chi connectivity index (χ0n) is 13.1. The van der Waals surface area contributed by atoms with E-state index in [1.165, 1.54) is 11.8 Å². The van der Waals surface area contributed by atoms with Gasteiger partial charge in [-0.1, -0.05) is 0 Å². The number of amides is 1. The van der Waals surface area contributed by atoms with E-state index in [0.29, 0.717) is 0 Å². The van der Waals surface area contributed by atoms with Gasteiger partial charge in [0.15, 0.2) is 21.3 Å². The molecule has 1 aromatic carbocycles. The number of phenols is 2. The summed E-state index contributed by atoms with van der Waals surface area (Å²) in [5.74, 6) is -3.51. The summed E-state index contributed by atoms with van der Waals surface area (Å²) in [7, 11) is -3.97. The van der Waals surface area contributed by atoms with E-state index in [1.54, 1.807) is 0 Å². The minimum Gasteiger partial charge on any atom is -0.543 e. The quantitative estimate of drug-likeness (QED) is 0.302. The second-order valence-corrected chi connectivity index (χ2v) is 8.54. The first kappa shape index (κ1) is 20.1. The number of benzene rings is 1. The maximum Gasteiger partial charge on any atom is 1.00 e. The fourth-order valence-corrected chi connectivity index (χ4v) is 5.41. The second kappa shape index (κ2) is 7.20. The molecule has 0 aromatic heterocycles. The van der Waals surface area contributed by atoms with E-state index < -0.39 is 33.1 Å². The Balaban J connectivity index is 0.00000225. The Morgan fingerprint density at radius 3 is 2.56 bits per heavy atom. The van der Waals surface area contributed by atoms with E-state index in [-0.39, 0.29) is 69.2 Å². The zero-order valence-corrected chi connectivity index (χ0v) is 16.8. The van der Waals surface area contributed by atoms with Gasteiger partial charge < -0.3 is 20.1 Å². The zero-order chi connectivity index (χ0) is 17.6. The number of thioether (sulfide) groups is 1. The summed E-state index contributed by atoms with van der Waals surface area (Å²) in [6.07, 6.45) is 0.216. The van der Waals surface area contributed by atoms with Crippen molar-refractivity contribution in [1.82, 2.24) is 4.90 Å². The minimum atomic E-state index is -3.97. The van der Waals surface area contributed by atoms with E-state index in [1.807, 2.05) is 0 Å². The summed E-state index contributed by atoms with van der Waals surface area (Å²) >= 11 is 1.29. The first-order valence-electron chi connectivity index (χ1n) is 6.82. The Labute approximate surface area is 169 Å². The first-order chi connectivity index (χ1) is 11.2. The van der Waals surface area contributed by atoms with Crippen molar-refractivity contribution in [3.8, 4) is 11.5 Å². The van der Waals surface area contributed by atoms with Crippen LogP contribution in [0.25, 0.3) is 0 Å². The molecular weight excluding hydrogens is 381 g/mol. The fourth-order valence-electron chi connectivity index (χ4n) is 2.59. The number of hydrogen-bond acceptors (Lipinski definition) is 8. The molecule has 1 atom stereocenters. The van der Waals surface area contributed by atoms with Crippen molar-refractivity contribution in [3.63, 3.8) is 0 Å². The predicted molar refractivity (Wildman–Crippen MR) is 81.6 cm³/mol. The SMILES string of the molecule is O=C([O-])C1=C(CS(=O)(=O)c2ccc(O)c(O)c2)CSC2CC(=O)N12.[Na+]. The maximum atomic E-state index is 12.5. The molecule has 1 unspecified atom stereocenters. The molecule has 8 nitrogen and oxygen atoms in total. The van der Waals surface area contributed by atoms with E-state index in [0.717, 1.165) is 23.1 Å². The molecule has 0 bridgehead atoms. The van der Waals surface area contributed by atoms with Crippen molar-refractivity contribution in [1.29, 1.82) is 0 Å². The fraction of sp³-hybridized carbons (Fsp3) is 0.286. The summed E-state index contributed by atoms with van der Waals surface area (Å²) in [5, 5.41) is 29.8. The van der Waals surface area contributed by atoms with Crippen LogP contribution >= 0.6 is 11.8 Å². The number of carbonyl (C=O) groups excluding carboxylic acids is 2. The van der Waals surface area contributed by atoms with Gasteiger partial charge in [0.05, 0.1) is 34.1 Å². The third-order valence-corrected chi connectivity index (χ3v) is 6.77. The molecule has 25 heavy (non-hydrogen) atoms. The summed E-state index contributed by atoms with van der Waals surface area (Å²) < 4.78 is 24.9. The van der Waals surface area contributed by atoms with Gasteiger partial charge in [-0.05, 0) is 17.7 Å². The van der Waals surface area contributed by atoms with Gasteiger partial charge in [0.2, 0.25) is 5.91 Å². The Kier molecular flexibility index (Phi) is 5.79. The molecule has 11 heteroatoms. The van der Waals surface area contributed by atoms with Crippen LogP contribution in [0.1, 0.15) is 6.42 Å². The number of aromatic hydroxyl groups is 2. The largest absolute Gasteiger partial charge is 1.00 e. The molecule has 128 valence electrons. The topological polar surface area (TPSA) is 135 Å². The Hall–Kier alpha value is -1.20. The van der Waals surface area contributed by atoms with Crippen LogP contribution < -0.4 is 34.7 Å². The molecule has 2 N–H and O–H groups in total. The number of sulfone groups is 1. The molecule has 1 fully saturated rings. The number of carboxylic acids is 1. The molecule has 1 saturated heterocycles. The predicted octanol–water partition coefficient (Wildman–Crippen LogP) is -3.82. The van der Waals surface area contributed by atoms with Gasteiger partial charge in [-0.15, -0.1) is 11.8 Å². The van der Waals surface area contributed by atoms with Crippen molar-refractivity contribution in [2.75, 3.05) is 11.5 Å². The van der Waals surface area contributed by atoms with Crippen LogP contribution in [0.4, 0.5) is 0 Å². The van der Waals surface area contributed by atoms with Gasteiger partial charge >= 0.3 is 29.6 Å². The van der Waals surface area contributed by atoms with E-state index in [4.69, 9.17) is 0 Å². The van der Waals surface area contributed by atoms with Gasteiger partial charge in [0, 0.05) is 11.8 Å². The molecule has 1 amide bonds. The third-order valence-electron chi connectivity index (χ3n) is 3.80. The average Bonchev–Trinajstić information content (AvgIpc) is 2.49. The second-order valence-electron chi connectivity index (χ2n) is 5.38. The van der Waals surface area contributed by atoms with Crippen LogP contribution in [0.3, 0.4) is 0 Å². The van der Waals surface area contributed by atoms with Crippen molar-refractivity contribution in [2.45, 2.75) is 16.7 Å². The summed E-state index contributed by atoms with van der Waals surface area (Å²) in [6, 6.07) is 3.02. The maximum absolute atomic E-state index is 12.5. The van der Waals surface area contributed by atoms with Gasteiger partial charge in [-0.25, -0.2) is 8.42 Å². The number of hydrogen-bond donors (Lipinski definition) is 2. The Bertz CT molecular complexity index is 881. The van der Waals surface area contributed by atoms with Crippen molar-refractivity contribution < 1.29 is 62.9 Å². The van der Waals surface area contributed by atoms with Crippen LogP contribution in [-0.4, -0.2) is 52.3 Å². The molecule has 3 rings (SSSR count). The van der Waals surface area contributed by atoms with Gasteiger partial charge in [0.25, 0.3) is 0 Å². The monoisotopic (exact) mass is 393 g/mol. The van der Waals surface area contributed by atoms with Gasteiger partial charge in [-0.2, -0.15) is 0 Å². The molecule has 0 spiro atoms. The van der Waals surface area contributed by atoms with Crippen LogP contribution in [0.2, 0.25) is 0 Å². The molecular formula is C14H12NNaO7S2. The summed E-state index contributed by atoms with van der Waals surface area (Å²) in [5.41, 5.74) is -0.321. The normalized spacial score (nSPS) is 19.8. The Morgan fingerprint density at radius 1 is 1.32 bits per heavy atom. The number of phenolic OH excluding ortho intramolecular Hbond substituents is 2. The third kappa shape index (κ3) is 3.68. The van der Waals surface area contributed by atoms with Crippen LogP contribution in [0.15, 0.2) is 34.4 Å². The Morgan fingerprint density at radius 2 is 2.00 bits per heavy atom. The van der Waals surface area contributed by atoms with Gasteiger partial charge in [0.1, 0.15) is 0 Å². The molecule has 0 radical (unpaired) electrons. The first-order valence-corrected chi connectivity index (χ1v) is 9.52. The average molecular weight is 393 g/mol. The van der Waals surface area contributed by atoms with Gasteiger partial charge in [-0.3, -0.25) is 9.69 Å². The van der Waals surface area contributed by atoms with Crippen molar-refractivity contribution in [3.05, 3.63) is 29.5 Å². The molecule has 2 heterocycles. The molecule has 0 saturated carbocycles. The number of carboxylic acid groups (broad SMARTS) is 1. The van der Waals surface area contributed by atoms with Crippen LogP contribution in [0.5, 0.6) is 11.5 Å². The van der Waals surface area contributed by atoms with Crippen molar-refractivity contribution in [2.24, 2.45) is 0 Å². The molecule has 1 aromatic rings. The van der Waals surface area contributed by atoms with Crippen LogP contribution in [-0.2, 0) is 19.4 Å². The summed E-state index contributed by atoms with van der Waals surface area (Å²) in [6.45, 7) is 0. The van der Waals surface area contributed by atoms with Crippen molar-refractivity contribution >= 4 is 33.5 Å². The van der Waals surface area contributed by atoms with Crippen LogP contribution in [0, 0.1) is 0 Å². The number of nitrogens with zero attached hydrogens (tertiary/aromatic N) is 1. The molecule has 2 aliphatic heterocycles. The number of carbonyl (C=O) groups is 2. The standard InChI is InChI=1S/C14H13NO7S2.Na/c16-9-2-1-8(3-10(9)17)24(21,22)6-7-5-23-12-4-11(18)15(12)13(7)14(19)20;/h1-3,12,16-17H,4-6H2,(H,19,20);/q;+1/p-1. The van der Waals surface area contributed by atoms with E-state index >= 15 is 0 Å². The number of rotatable bonds is 4. The van der Waals surface area contributed by atoms with E-state index in [2.05, 4.69) is 0 Å².